The molecule has 1 amide bonds. The number of para-hydroxylation sites is 1. The standard InChI is InChI=1S/C19H23ClN4O4S/c20-16-3-1-2-4-18(16)22-5-7-23(8-6-22)19(25)17-13-15(14-21-17)29(26,27)24-9-11-28-12-10-24/h1-4,13-14,21H,5-12H2. The van der Waals surface area contributed by atoms with Gasteiger partial charge in [-0.2, -0.15) is 4.31 Å². The molecule has 1 aromatic heterocycles. The predicted molar refractivity (Wildman–Crippen MR) is 110 cm³/mol. The number of carbonyl (C=O) groups excluding carboxylic acids is 1. The second-order valence-electron chi connectivity index (χ2n) is 7.00. The minimum absolute atomic E-state index is 0.109. The number of sulfonamides is 1. The van der Waals surface area contributed by atoms with Crippen LogP contribution < -0.4 is 4.90 Å². The Bertz CT molecular complexity index is 980. The molecule has 3 heterocycles. The van der Waals surface area contributed by atoms with Crippen molar-refractivity contribution in [2.75, 3.05) is 57.4 Å². The van der Waals surface area contributed by atoms with Crippen LogP contribution in [0.15, 0.2) is 41.4 Å². The van der Waals surface area contributed by atoms with Gasteiger partial charge in [0.2, 0.25) is 10.0 Å². The molecule has 0 radical (unpaired) electrons. The molecule has 0 unspecified atom stereocenters. The first-order valence-corrected chi connectivity index (χ1v) is 11.3. The summed E-state index contributed by atoms with van der Waals surface area (Å²) in [7, 11) is -3.63. The molecule has 0 spiro atoms. The van der Waals surface area contributed by atoms with Crippen LogP contribution in [0.1, 0.15) is 10.5 Å². The van der Waals surface area contributed by atoms with Crippen molar-refractivity contribution in [2.24, 2.45) is 0 Å². The highest BCUT2D eigenvalue weighted by molar-refractivity contribution is 7.89. The summed E-state index contributed by atoms with van der Waals surface area (Å²) in [5.41, 5.74) is 1.24. The number of carbonyl (C=O) groups is 1. The van der Waals surface area contributed by atoms with Crippen molar-refractivity contribution in [1.82, 2.24) is 14.2 Å². The van der Waals surface area contributed by atoms with Crippen LogP contribution in [0.4, 0.5) is 5.69 Å². The van der Waals surface area contributed by atoms with Gasteiger partial charge in [0, 0.05) is 45.5 Å². The van der Waals surface area contributed by atoms with Crippen molar-refractivity contribution < 1.29 is 17.9 Å². The van der Waals surface area contributed by atoms with Crippen molar-refractivity contribution in [2.45, 2.75) is 4.90 Å². The Balaban J connectivity index is 1.42. The molecule has 2 aliphatic heterocycles. The average molecular weight is 439 g/mol. The maximum absolute atomic E-state index is 12.8. The second kappa shape index (κ2) is 8.35. The predicted octanol–water partition coefficient (Wildman–Crippen LogP) is 1.65. The first kappa shape index (κ1) is 20.2. The largest absolute Gasteiger partial charge is 0.379 e. The van der Waals surface area contributed by atoms with E-state index in [1.54, 1.807) is 4.90 Å². The lowest BCUT2D eigenvalue weighted by Gasteiger charge is -2.36. The fraction of sp³-hybridized carbons (Fsp3) is 0.421. The highest BCUT2D eigenvalue weighted by atomic mass is 35.5. The highest BCUT2D eigenvalue weighted by Gasteiger charge is 2.29. The van der Waals surface area contributed by atoms with E-state index in [1.807, 2.05) is 24.3 Å². The maximum atomic E-state index is 12.8. The Morgan fingerprint density at radius 3 is 2.41 bits per heavy atom. The zero-order valence-corrected chi connectivity index (χ0v) is 17.5. The summed E-state index contributed by atoms with van der Waals surface area (Å²) in [6.07, 6.45) is 1.39. The van der Waals surface area contributed by atoms with E-state index in [0.29, 0.717) is 57.5 Å². The number of nitrogens with zero attached hydrogens (tertiary/aromatic N) is 3. The number of hydrogen-bond acceptors (Lipinski definition) is 5. The van der Waals surface area contributed by atoms with Crippen LogP contribution >= 0.6 is 11.6 Å². The van der Waals surface area contributed by atoms with Gasteiger partial charge in [-0.15, -0.1) is 0 Å². The molecule has 1 N–H and O–H groups in total. The van der Waals surface area contributed by atoms with E-state index in [1.165, 1.54) is 16.6 Å². The summed E-state index contributed by atoms with van der Waals surface area (Å²) in [6, 6.07) is 9.07. The van der Waals surface area contributed by atoms with Crippen molar-refractivity contribution in [3.05, 3.63) is 47.2 Å². The second-order valence-corrected chi connectivity index (χ2v) is 9.34. The number of nitrogens with one attached hydrogen (secondary N) is 1. The number of ether oxygens (including phenoxy) is 1. The van der Waals surface area contributed by atoms with E-state index in [9.17, 15) is 13.2 Å². The first-order valence-electron chi connectivity index (χ1n) is 9.52. The summed E-state index contributed by atoms with van der Waals surface area (Å²) < 4.78 is 32.1. The number of H-pyrrole nitrogens is 1. The monoisotopic (exact) mass is 438 g/mol. The van der Waals surface area contributed by atoms with E-state index in [-0.39, 0.29) is 16.5 Å². The molecule has 10 heteroatoms. The molecule has 2 aromatic rings. The molecule has 2 saturated heterocycles. The Morgan fingerprint density at radius 2 is 1.72 bits per heavy atom. The lowest BCUT2D eigenvalue weighted by atomic mass is 10.2. The van der Waals surface area contributed by atoms with Crippen LogP contribution in [0.2, 0.25) is 5.02 Å². The molecule has 0 saturated carbocycles. The van der Waals surface area contributed by atoms with E-state index in [0.717, 1.165) is 5.69 Å². The van der Waals surface area contributed by atoms with Gasteiger partial charge in [-0.25, -0.2) is 8.42 Å². The van der Waals surface area contributed by atoms with Crippen LogP contribution in [0.3, 0.4) is 0 Å². The third-order valence-electron chi connectivity index (χ3n) is 5.25. The van der Waals surface area contributed by atoms with Gasteiger partial charge < -0.3 is 19.5 Å². The summed E-state index contributed by atoms with van der Waals surface area (Å²) in [5.74, 6) is -0.202. The molecule has 0 atom stereocenters. The van der Waals surface area contributed by atoms with Crippen LogP contribution in [0.25, 0.3) is 0 Å². The van der Waals surface area contributed by atoms with Gasteiger partial charge >= 0.3 is 0 Å². The van der Waals surface area contributed by atoms with Gasteiger partial charge in [-0.05, 0) is 18.2 Å². The smallest absolute Gasteiger partial charge is 0.270 e. The summed E-state index contributed by atoms with van der Waals surface area (Å²) in [4.78, 5) is 19.7. The summed E-state index contributed by atoms with van der Waals surface area (Å²) in [6.45, 7) is 3.80. The van der Waals surface area contributed by atoms with E-state index < -0.39 is 10.0 Å². The molecule has 1 aromatic carbocycles. The average Bonchev–Trinajstić information content (AvgIpc) is 3.26. The Labute approximate surface area is 175 Å². The molecule has 8 nitrogen and oxygen atoms in total. The molecule has 2 aliphatic rings. The molecule has 2 fully saturated rings. The van der Waals surface area contributed by atoms with Crippen LogP contribution in [0, 0.1) is 0 Å². The van der Waals surface area contributed by atoms with Gasteiger partial charge in [0.25, 0.3) is 5.91 Å². The van der Waals surface area contributed by atoms with Crippen LogP contribution in [-0.2, 0) is 14.8 Å². The SMILES string of the molecule is O=C(c1cc(S(=O)(=O)N2CCOCC2)c[nH]1)N1CCN(c2ccccc2Cl)CC1. The van der Waals surface area contributed by atoms with Gasteiger partial charge in [-0.1, -0.05) is 23.7 Å². The minimum atomic E-state index is -3.63. The van der Waals surface area contributed by atoms with E-state index >= 15 is 0 Å². The van der Waals surface area contributed by atoms with Gasteiger partial charge in [0.15, 0.2) is 0 Å². The Morgan fingerprint density at radius 1 is 1.03 bits per heavy atom. The third-order valence-corrected chi connectivity index (χ3v) is 7.45. The number of piperazine rings is 1. The van der Waals surface area contributed by atoms with Crippen LogP contribution in [-0.4, -0.2) is 81.0 Å². The molecule has 0 bridgehead atoms. The fourth-order valence-electron chi connectivity index (χ4n) is 3.61. The quantitative estimate of drug-likeness (QED) is 0.784. The number of amides is 1. The number of anilines is 1. The van der Waals surface area contributed by atoms with Gasteiger partial charge in [0.1, 0.15) is 10.6 Å². The molecule has 29 heavy (non-hydrogen) atoms. The zero-order valence-electron chi connectivity index (χ0n) is 15.9. The number of aromatic nitrogens is 1. The maximum Gasteiger partial charge on any atom is 0.270 e. The van der Waals surface area contributed by atoms with Crippen molar-refractivity contribution in [3.8, 4) is 0 Å². The molecular weight excluding hydrogens is 416 g/mol. The molecular formula is C19H23ClN4O4S. The number of halogens is 1. The minimum Gasteiger partial charge on any atom is -0.379 e. The number of benzene rings is 1. The van der Waals surface area contributed by atoms with Crippen LogP contribution in [0.5, 0.6) is 0 Å². The normalized spacial score (nSPS) is 18.8. The van der Waals surface area contributed by atoms with Crippen molar-refractivity contribution in [1.29, 1.82) is 0 Å². The van der Waals surface area contributed by atoms with Crippen molar-refractivity contribution >= 4 is 33.2 Å². The fourth-order valence-corrected chi connectivity index (χ4v) is 5.27. The number of hydrogen-bond donors (Lipinski definition) is 1. The van der Waals surface area contributed by atoms with Crippen molar-refractivity contribution in [3.63, 3.8) is 0 Å². The Kier molecular flexibility index (Phi) is 5.82. The van der Waals surface area contributed by atoms with Gasteiger partial charge in [-0.3, -0.25) is 4.79 Å². The first-order chi connectivity index (χ1) is 14.0. The molecule has 156 valence electrons. The Hall–Kier alpha value is -2.07. The van der Waals surface area contributed by atoms with E-state index in [2.05, 4.69) is 9.88 Å². The highest BCUT2D eigenvalue weighted by Crippen LogP contribution is 2.26. The summed E-state index contributed by atoms with van der Waals surface area (Å²) in [5, 5.41) is 0.689. The molecule has 0 aliphatic carbocycles. The number of rotatable bonds is 4. The topological polar surface area (TPSA) is 85.9 Å². The lowest BCUT2D eigenvalue weighted by molar-refractivity contribution is 0.0729. The lowest BCUT2D eigenvalue weighted by Crippen LogP contribution is -2.49. The van der Waals surface area contributed by atoms with Gasteiger partial charge in [0.05, 0.1) is 23.9 Å². The zero-order chi connectivity index (χ0) is 20.4. The number of morpholine rings is 1. The molecule has 4 rings (SSSR count). The number of aromatic amines is 1. The third kappa shape index (κ3) is 4.13. The summed E-state index contributed by atoms with van der Waals surface area (Å²) >= 11 is 6.27. The van der Waals surface area contributed by atoms with E-state index in [4.69, 9.17) is 16.3 Å².